The van der Waals surface area contributed by atoms with Crippen molar-refractivity contribution in [3.63, 3.8) is 0 Å². The molecule has 0 aliphatic rings. The molecule has 2 nitrogen and oxygen atoms in total. The monoisotopic (exact) mass is 321 g/mol. The molecule has 0 fully saturated rings. The summed E-state index contributed by atoms with van der Waals surface area (Å²) in [4.78, 5) is 0. The number of rotatable bonds is 5. The van der Waals surface area contributed by atoms with Gasteiger partial charge in [-0.25, -0.2) is 0 Å². The first kappa shape index (κ1) is 12.0. The van der Waals surface area contributed by atoms with E-state index in [1.54, 1.807) is 0 Å². The number of hydrogen-bond acceptors (Lipinski definition) is 2. The first-order valence-corrected chi connectivity index (χ1v) is 6.10. The fraction of sp³-hybridized carbons (Fsp3) is 0.400. The first-order chi connectivity index (χ1) is 6.72. The highest BCUT2D eigenvalue weighted by Crippen LogP contribution is 2.24. The molecule has 0 aromatic heterocycles. The van der Waals surface area contributed by atoms with Crippen molar-refractivity contribution in [1.29, 1.82) is 0 Å². The topological polar surface area (TPSA) is 35.2 Å². The van der Waals surface area contributed by atoms with Gasteiger partial charge in [-0.2, -0.15) is 0 Å². The predicted octanol–water partition coefficient (Wildman–Crippen LogP) is 3.33. The second kappa shape index (κ2) is 6.43. The summed E-state index contributed by atoms with van der Waals surface area (Å²) in [6.07, 6.45) is 2.01. The highest BCUT2D eigenvalue weighted by atomic mass is 79.9. The van der Waals surface area contributed by atoms with Gasteiger partial charge >= 0.3 is 0 Å². The van der Waals surface area contributed by atoms with E-state index in [1.165, 1.54) is 0 Å². The normalized spacial score (nSPS) is 10.2. The van der Waals surface area contributed by atoms with Gasteiger partial charge in [0.2, 0.25) is 0 Å². The van der Waals surface area contributed by atoms with E-state index in [1.807, 2.05) is 18.2 Å². The second-order valence-corrected chi connectivity index (χ2v) is 4.78. The summed E-state index contributed by atoms with van der Waals surface area (Å²) < 4.78 is 7.58. The Morgan fingerprint density at radius 1 is 1.07 bits per heavy atom. The van der Waals surface area contributed by atoms with Crippen LogP contribution in [0.3, 0.4) is 0 Å². The van der Waals surface area contributed by atoms with Gasteiger partial charge in [0.25, 0.3) is 0 Å². The number of benzene rings is 1. The Hall–Kier alpha value is -0.0600. The van der Waals surface area contributed by atoms with Gasteiger partial charge in [-0.1, -0.05) is 31.9 Å². The van der Waals surface area contributed by atoms with Gasteiger partial charge in [-0.15, -0.1) is 0 Å². The molecular formula is C10H13Br2NO. The molecule has 4 heteroatoms. The van der Waals surface area contributed by atoms with Crippen molar-refractivity contribution in [3.8, 4) is 5.75 Å². The molecule has 14 heavy (non-hydrogen) atoms. The second-order valence-electron chi connectivity index (χ2n) is 2.95. The van der Waals surface area contributed by atoms with E-state index in [0.717, 1.165) is 40.7 Å². The van der Waals surface area contributed by atoms with E-state index in [0.29, 0.717) is 0 Å². The van der Waals surface area contributed by atoms with Crippen molar-refractivity contribution in [3.05, 3.63) is 27.1 Å². The molecule has 0 aliphatic heterocycles. The molecule has 0 heterocycles. The number of unbranched alkanes of at least 4 members (excludes halogenated alkanes) is 1. The van der Waals surface area contributed by atoms with Gasteiger partial charge in [0, 0.05) is 8.95 Å². The Kier molecular flexibility index (Phi) is 5.52. The fourth-order valence-corrected chi connectivity index (χ4v) is 2.30. The Morgan fingerprint density at radius 2 is 1.71 bits per heavy atom. The molecule has 0 amide bonds. The minimum atomic E-state index is 0.722. The van der Waals surface area contributed by atoms with Crippen molar-refractivity contribution in [1.82, 2.24) is 0 Å². The van der Waals surface area contributed by atoms with Crippen LogP contribution in [0.25, 0.3) is 0 Å². The lowest BCUT2D eigenvalue weighted by Crippen LogP contribution is -2.03. The van der Waals surface area contributed by atoms with Crippen LogP contribution in [0.1, 0.15) is 12.8 Å². The third-order valence-electron chi connectivity index (χ3n) is 1.70. The molecule has 0 aliphatic carbocycles. The molecular weight excluding hydrogens is 310 g/mol. The molecule has 1 aromatic rings. The van der Waals surface area contributed by atoms with Crippen LogP contribution >= 0.6 is 31.9 Å². The quantitative estimate of drug-likeness (QED) is 0.844. The number of nitrogens with two attached hydrogens (primary N) is 1. The summed E-state index contributed by atoms with van der Waals surface area (Å²) in [6.45, 7) is 1.45. The molecule has 1 rings (SSSR count). The van der Waals surface area contributed by atoms with Gasteiger partial charge in [-0.05, 0) is 37.6 Å². The van der Waals surface area contributed by atoms with E-state index < -0.39 is 0 Å². The highest BCUT2D eigenvalue weighted by Gasteiger charge is 1.98. The third-order valence-corrected chi connectivity index (χ3v) is 2.62. The van der Waals surface area contributed by atoms with Crippen molar-refractivity contribution in [2.24, 2.45) is 5.73 Å². The van der Waals surface area contributed by atoms with Crippen LogP contribution in [0.15, 0.2) is 27.1 Å². The maximum Gasteiger partial charge on any atom is 0.121 e. The van der Waals surface area contributed by atoms with Crippen LogP contribution in [0, 0.1) is 0 Å². The zero-order valence-electron chi connectivity index (χ0n) is 7.80. The number of hydrogen-bond donors (Lipinski definition) is 1. The van der Waals surface area contributed by atoms with Crippen LogP contribution in [-0.4, -0.2) is 13.2 Å². The van der Waals surface area contributed by atoms with E-state index in [2.05, 4.69) is 31.9 Å². The smallest absolute Gasteiger partial charge is 0.121 e. The molecule has 2 N–H and O–H groups in total. The standard InChI is InChI=1S/C10H13Br2NO/c11-8-5-9(12)7-10(6-8)14-4-2-1-3-13/h5-7H,1-4,13H2. The van der Waals surface area contributed by atoms with Crippen molar-refractivity contribution >= 4 is 31.9 Å². The lowest BCUT2D eigenvalue weighted by molar-refractivity contribution is 0.307. The Morgan fingerprint density at radius 3 is 2.29 bits per heavy atom. The maximum atomic E-state index is 5.55. The van der Waals surface area contributed by atoms with Gasteiger partial charge in [0.1, 0.15) is 5.75 Å². The number of ether oxygens (including phenoxy) is 1. The SMILES string of the molecule is NCCCCOc1cc(Br)cc(Br)c1. The van der Waals surface area contributed by atoms with Crippen LogP contribution in [-0.2, 0) is 0 Å². The van der Waals surface area contributed by atoms with Crippen LogP contribution < -0.4 is 10.5 Å². The zero-order valence-corrected chi connectivity index (χ0v) is 11.0. The Labute approximate surface area is 101 Å². The molecule has 78 valence electrons. The average molecular weight is 323 g/mol. The summed E-state index contributed by atoms with van der Waals surface area (Å²) in [5.41, 5.74) is 5.39. The summed E-state index contributed by atoms with van der Waals surface area (Å²) >= 11 is 6.81. The molecule has 0 saturated carbocycles. The molecule has 0 unspecified atom stereocenters. The average Bonchev–Trinajstić information content (AvgIpc) is 2.11. The van der Waals surface area contributed by atoms with Gasteiger partial charge in [0.15, 0.2) is 0 Å². The van der Waals surface area contributed by atoms with Crippen LogP contribution in [0.5, 0.6) is 5.75 Å². The van der Waals surface area contributed by atoms with E-state index in [-0.39, 0.29) is 0 Å². The summed E-state index contributed by atoms with van der Waals surface area (Å²) in [5.74, 6) is 0.878. The van der Waals surface area contributed by atoms with E-state index >= 15 is 0 Å². The van der Waals surface area contributed by atoms with Crippen molar-refractivity contribution in [2.45, 2.75) is 12.8 Å². The summed E-state index contributed by atoms with van der Waals surface area (Å²) in [6, 6.07) is 5.88. The summed E-state index contributed by atoms with van der Waals surface area (Å²) in [7, 11) is 0. The van der Waals surface area contributed by atoms with Crippen molar-refractivity contribution < 1.29 is 4.74 Å². The van der Waals surface area contributed by atoms with E-state index in [4.69, 9.17) is 10.5 Å². The zero-order chi connectivity index (χ0) is 10.4. The van der Waals surface area contributed by atoms with Crippen LogP contribution in [0.4, 0.5) is 0 Å². The lowest BCUT2D eigenvalue weighted by Gasteiger charge is -2.06. The van der Waals surface area contributed by atoms with Crippen molar-refractivity contribution in [2.75, 3.05) is 13.2 Å². The third kappa shape index (κ3) is 4.44. The first-order valence-electron chi connectivity index (χ1n) is 4.51. The lowest BCUT2D eigenvalue weighted by atomic mass is 10.3. The van der Waals surface area contributed by atoms with E-state index in [9.17, 15) is 0 Å². The fourth-order valence-electron chi connectivity index (χ4n) is 1.05. The minimum Gasteiger partial charge on any atom is -0.494 e. The van der Waals surface area contributed by atoms with Gasteiger partial charge < -0.3 is 10.5 Å². The Balaban J connectivity index is 2.42. The van der Waals surface area contributed by atoms with Crippen LogP contribution in [0.2, 0.25) is 0 Å². The van der Waals surface area contributed by atoms with Gasteiger partial charge in [-0.3, -0.25) is 0 Å². The van der Waals surface area contributed by atoms with Gasteiger partial charge in [0.05, 0.1) is 6.61 Å². The molecule has 0 bridgehead atoms. The highest BCUT2D eigenvalue weighted by molar-refractivity contribution is 9.11. The molecule has 0 atom stereocenters. The molecule has 0 saturated heterocycles. The predicted molar refractivity (Wildman–Crippen MR) is 65.6 cm³/mol. The largest absolute Gasteiger partial charge is 0.494 e. The molecule has 0 radical (unpaired) electrons. The number of halogens is 2. The summed E-state index contributed by atoms with van der Waals surface area (Å²) in [5, 5.41) is 0. The molecule has 0 spiro atoms. The molecule has 1 aromatic carbocycles. The maximum absolute atomic E-state index is 5.55. The Bertz CT molecular complexity index is 271. The minimum absolute atomic E-state index is 0.722.